The molecule has 0 unspecified atom stereocenters. The Kier molecular flexibility index (Phi) is 18.5. The molecule has 4 nitrogen and oxygen atoms in total. The van der Waals surface area contributed by atoms with E-state index in [2.05, 4.69) is 10.6 Å². The van der Waals surface area contributed by atoms with Crippen LogP contribution in [0.25, 0.3) is 0 Å². The smallest absolute Gasteiger partial charge is 0.725 e. The molecule has 0 heterocycles. The third-order valence-electron chi connectivity index (χ3n) is 2.71. The van der Waals surface area contributed by atoms with Crippen molar-refractivity contribution in [3.63, 3.8) is 0 Å². The zero-order chi connectivity index (χ0) is 13.7. The molecule has 0 saturated heterocycles. The molecule has 0 saturated carbocycles. The van der Waals surface area contributed by atoms with E-state index in [4.69, 9.17) is 0 Å². The van der Waals surface area contributed by atoms with Crippen LogP contribution in [0.1, 0.15) is 71.1 Å². The maximum Gasteiger partial charge on any atom is 1.00 e. The Labute approximate surface area is 144 Å². The Hall–Kier alpha value is 1.22. The van der Waals surface area contributed by atoms with Crippen molar-refractivity contribution in [3.05, 3.63) is 0 Å². The molecule has 0 atom stereocenters. The van der Waals surface area contributed by atoms with Crippen molar-refractivity contribution >= 4 is 22.4 Å². The van der Waals surface area contributed by atoms with E-state index in [1.54, 1.807) is 0 Å². The Morgan fingerprint density at radius 3 is 1.74 bits per heavy atom. The molecule has 0 amide bonds. The monoisotopic (exact) mass is 320 g/mol. The molecule has 0 N–H and O–H groups in total. The number of rotatable bonds is 13. The van der Waals surface area contributed by atoms with Crippen molar-refractivity contribution in [3.8, 4) is 0 Å². The van der Waals surface area contributed by atoms with Crippen molar-refractivity contribution in [2.24, 2.45) is 0 Å². The van der Waals surface area contributed by atoms with Crippen LogP contribution in [0.15, 0.2) is 0 Å². The molecule has 0 aromatic carbocycles. The van der Waals surface area contributed by atoms with Gasteiger partial charge in [-0.05, 0) is 6.42 Å². The van der Waals surface area contributed by atoms with Crippen LogP contribution in [0, 0.1) is 0 Å². The fourth-order valence-electron chi connectivity index (χ4n) is 1.74. The number of unbranched alkanes of at least 4 members (excludes halogenated alkanes) is 9. The van der Waals surface area contributed by atoms with Crippen LogP contribution in [0.5, 0.6) is 0 Å². The third kappa shape index (κ3) is 21.7. The molecule has 0 aliphatic rings. The largest absolute Gasteiger partial charge is 1.00 e. The first-order valence-electron chi connectivity index (χ1n) is 6.83. The van der Waals surface area contributed by atoms with Crippen molar-refractivity contribution in [1.29, 1.82) is 0 Å². The Bertz CT molecular complexity index is 271. The van der Waals surface area contributed by atoms with Crippen LogP contribution >= 0.6 is 12.0 Å². The summed E-state index contributed by atoms with van der Waals surface area (Å²) in [4.78, 5) is 0. The maximum absolute atomic E-state index is 10.1. The zero-order valence-corrected chi connectivity index (χ0v) is 15.9. The van der Waals surface area contributed by atoms with Gasteiger partial charge in [-0.2, -0.15) is 0 Å². The molecule has 0 radical (unpaired) electrons. The quantitative estimate of drug-likeness (QED) is 0.167. The van der Waals surface area contributed by atoms with Crippen molar-refractivity contribution in [1.82, 2.24) is 0 Å². The van der Waals surface area contributed by atoms with Crippen LogP contribution in [0.4, 0.5) is 0 Å². The fraction of sp³-hybridized carbons (Fsp3) is 1.00. The summed E-state index contributed by atoms with van der Waals surface area (Å²) < 4.78 is 34.4. The first-order valence-corrected chi connectivity index (χ1v) is 9.07. The molecule has 0 aliphatic heterocycles. The predicted octanol–water partition coefficient (Wildman–Crippen LogP) is 1.04. The van der Waals surface area contributed by atoms with Crippen molar-refractivity contribution in [2.75, 3.05) is 5.75 Å². The maximum atomic E-state index is 10.1. The Morgan fingerprint density at radius 1 is 0.895 bits per heavy atom. The molecule has 0 aliphatic carbocycles. The van der Waals surface area contributed by atoms with E-state index in [0.29, 0.717) is 5.75 Å². The van der Waals surface area contributed by atoms with Gasteiger partial charge in [0.15, 0.2) is 0 Å². The minimum absolute atomic E-state index is 0. The van der Waals surface area contributed by atoms with Gasteiger partial charge in [-0.15, -0.1) is 0 Å². The summed E-state index contributed by atoms with van der Waals surface area (Å²) in [6.45, 7) is 2.22. The van der Waals surface area contributed by atoms with Crippen LogP contribution in [-0.4, -0.2) is 18.7 Å². The molecular formula is C12H25NaO4S2. The van der Waals surface area contributed by atoms with Crippen LogP contribution in [0.2, 0.25) is 0 Å². The Morgan fingerprint density at radius 2 is 1.32 bits per heavy atom. The number of hydrogen-bond acceptors (Lipinski definition) is 5. The molecule has 0 aromatic heterocycles. The van der Waals surface area contributed by atoms with Gasteiger partial charge in [0.2, 0.25) is 10.4 Å². The molecule has 0 bridgehead atoms. The summed E-state index contributed by atoms with van der Waals surface area (Å²) in [6.07, 6.45) is 12.4. The van der Waals surface area contributed by atoms with Crippen molar-refractivity contribution in [2.45, 2.75) is 71.1 Å². The minimum Gasteiger partial charge on any atom is -0.725 e. The second kappa shape index (κ2) is 15.6. The molecular weight excluding hydrogens is 295 g/mol. The van der Waals surface area contributed by atoms with E-state index in [1.807, 2.05) is 0 Å². The summed E-state index contributed by atoms with van der Waals surface area (Å²) in [5.41, 5.74) is 0. The molecule has 0 fully saturated rings. The van der Waals surface area contributed by atoms with E-state index < -0.39 is 10.4 Å². The second-order valence-corrected chi connectivity index (χ2v) is 6.49. The zero-order valence-electron chi connectivity index (χ0n) is 12.2. The molecule has 110 valence electrons. The summed E-state index contributed by atoms with van der Waals surface area (Å²) in [6, 6.07) is 0. The van der Waals surface area contributed by atoms with Gasteiger partial charge in [-0.3, -0.25) is 0 Å². The minimum atomic E-state index is -4.52. The van der Waals surface area contributed by atoms with E-state index in [1.165, 1.54) is 51.4 Å². The van der Waals surface area contributed by atoms with Gasteiger partial charge in [-0.1, -0.05) is 64.7 Å². The standard InChI is InChI=1S/C12H26O4S2.Na/c1-2-3-4-5-6-7-8-9-10-11-12-17-16-18(13,14)15;/h2-12H2,1H3,(H,13,14,15);/q;+1/p-1. The van der Waals surface area contributed by atoms with E-state index in [0.717, 1.165) is 24.9 Å². The topological polar surface area (TPSA) is 66.4 Å². The van der Waals surface area contributed by atoms with Gasteiger partial charge in [0.05, 0.1) is 0 Å². The second-order valence-electron chi connectivity index (χ2n) is 4.48. The predicted molar refractivity (Wildman–Crippen MR) is 75.1 cm³/mol. The van der Waals surface area contributed by atoms with Crippen LogP contribution < -0.4 is 29.6 Å². The summed E-state index contributed by atoms with van der Waals surface area (Å²) in [5.74, 6) is 0.567. The first-order chi connectivity index (χ1) is 8.56. The molecule has 19 heavy (non-hydrogen) atoms. The fourth-order valence-corrected chi connectivity index (χ4v) is 2.81. The average molecular weight is 320 g/mol. The first kappa shape index (κ1) is 22.5. The van der Waals surface area contributed by atoms with E-state index in [9.17, 15) is 13.0 Å². The van der Waals surface area contributed by atoms with Gasteiger partial charge in [0, 0.05) is 17.8 Å². The molecule has 0 aromatic rings. The third-order valence-corrected chi connectivity index (χ3v) is 4.22. The van der Waals surface area contributed by atoms with Crippen LogP contribution in [0.3, 0.4) is 0 Å². The van der Waals surface area contributed by atoms with Gasteiger partial charge >= 0.3 is 29.6 Å². The number of hydrogen-bond donors (Lipinski definition) is 0. The summed E-state index contributed by atoms with van der Waals surface area (Å²) >= 11 is 0.737. The van der Waals surface area contributed by atoms with Gasteiger partial charge in [0.25, 0.3) is 0 Å². The average Bonchev–Trinajstić information content (AvgIpc) is 2.29. The summed E-state index contributed by atoms with van der Waals surface area (Å²) in [7, 11) is -4.52. The van der Waals surface area contributed by atoms with Gasteiger partial charge in [0.1, 0.15) is 0 Å². The van der Waals surface area contributed by atoms with E-state index >= 15 is 0 Å². The van der Waals surface area contributed by atoms with Gasteiger partial charge < -0.3 is 4.55 Å². The molecule has 0 spiro atoms. The summed E-state index contributed by atoms with van der Waals surface area (Å²) in [5, 5.41) is 0. The normalized spacial score (nSPS) is 11.3. The molecule has 0 rings (SSSR count). The van der Waals surface area contributed by atoms with Crippen molar-refractivity contribution < 1.29 is 46.2 Å². The van der Waals surface area contributed by atoms with Crippen LogP contribution in [-0.2, 0) is 14.0 Å². The van der Waals surface area contributed by atoms with Gasteiger partial charge in [-0.25, -0.2) is 12.0 Å². The Balaban J connectivity index is 0. The van der Waals surface area contributed by atoms with E-state index in [-0.39, 0.29) is 29.6 Å². The SMILES string of the molecule is CCCCCCCCCCCCSOS(=O)(=O)[O-].[Na+]. The molecule has 7 heteroatoms.